The minimum atomic E-state index is -0.306. The summed E-state index contributed by atoms with van der Waals surface area (Å²) < 4.78 is 10.3. The Morgan fingerprint density at radius 2 is 2.12 bits per heavy atom. The lowest BCUT2D eigenvalue weighted by atomic mass is 10.1. The van der Waals surface area contributed by atoms with Crippen molar-refractivity contribution in [3.63, 3.8) is 0 Å². The highest BCUT2D eigenvalue weighted by atomic mass is 16.5. The lowest BCUT2D eigenvalue weighted by Crippen LogP contribution is -2.10. The highest BCUT2D eigenvalue weighted by Gasteiger charge is 2.09. The van der Waals surface area contributed by atoms with Crippen LogP contribution >= 0.6 is 0 Å². The van der Waals surface area contributed by atoms with Crippen molar-refractivity contribution in [1.82, 2.24) is 0 Å². The van der Waals surface area contributed by atoms with Crippen LogP contribution in [0, 0.1) is 6.92 Å². The van der Waals surface area contributed by atoms with E-state index in [1.165, 1.54) is 0 Å². The third kappa shape index (κ3) is 4.44. The van der Waals surface area contributed by atoms with Crippen molar-refractivity contribution in [1.29, 1.82) is 0 Å². The molecule has 94 valence electrons. The first-order valence-electron chi connectivity index (χ1n) is 5.76. The molecule has 0 amide bonds. The quantitative estimate of drug-likeness (QED) is 0.468. The van der Waals surface area contributed by atoms with Gasteiger partial charge in [0.2, 0.25) is 0 Å². The van der Waals surface area contributed by atoms with E-state index in [4.69, 9.17) is 15.2 Å². The third-order valence-electron chi connectivity index (χ3n) is 2.34. The van der Waals surface area contributed by atoms with E-state index in [1.807, 2.05) is 13.8 Å². The van der Waals surface area contributed by atoms with Gasteiger partial charge in [-0.05, 0) is 37.6 Å². The Bertz CT molecular complexity index is 377. The molecule has 1 aromatic carbocycles. The van der Waals surface area contributed by atoms with Crippen molar-refractivity contribution in [2.45, 2.75) is 20.3 Å². The molecule has 0 saturated heterocycles. The van der Waals surface area contributed by atoms with Gasteiger partial charge in [-0.15, -0.1) is 0 Å². The molecule has 0 heterocycles. The zero-order chi connectivity index (χ0) is 12.7. The zero-order valence-corrected chi connectivity index (χ0v) is 10.4. The molecule has 17 heavy (non-hydrogen) atoms. The number of hydrogen-bond donors (Lipinski definition) is 1. The molecule has 4 heteroatoms. The number of ether oxygens (including phenoxy) is 2. The minimum absolute atomic E-state index is 0.306. The topological polar surface area (TPSA) is 61.5 Å². The molecule has 0 atom stereocenters. The smallest absolute Gasteiger partial charge is 0.338 e. The van der Waals surface area contributed by atoms with E-state index in [1.54, 1.807) is 18.2 Å². The van der Waals surface area contributed by atoms with Crippen LogP contribution in [0.5, 0.6) is 0 Å². The van der Waals surface area contributed by atoms with Crippen LogP contribution in [0.25, 0.3) is 0 Å². The molecular formula is C13H19NO3. The second-order valence-corrected chi connectivity index (χ2v) is 3.76. The predicted molar refractivity (Wildman–Crippen MR) is 67.0 cm³/mol. The van der Waals surface area contributed by atoms with Crippen LogP contribution in [-0.2, 0) is 9.47 Å². The number of esters is 1. The molecule has 0 aliphatic rings. The third-order valence-corrected chi connectivity index (χ3v) is 2.34. The molecule has 1 rings (SSSR count). The first-order valence-corrected chi connectivity index (χ1v) is 5.76. The zero-order valence-electron chi connectivity index (χ0n) is 10.4. The van der Waals surface area contributed by atoms with E-state index in [0.29, 0.717) is 37.5 Å². The van der Waals surface area contributed by atoms with E-state index in [2.05, 4.69) is 0 Å². The highest BCUT2D eigenvalue weighted by Crippen LogP contribution is 2.13. The average Bonchev–Trinajstić information content (AvgIpc) is 2.28. The fourth-order valence-electron chi connectivity index (χ4n) is 1.46. The Balaban J connectivity index is 2.42. The largest absolute Gasteiger partial charge is 0.462 e. The van der Waals surface area contributed by atoms with Crippen LogP contribution < -0.4 is 5.73 Å². The number of rotatable bonds is 6. The Kier molecular flexibility index (Phi) is 5.49. The Morgan fingerprint density at radius 3 is 2.76 bits per heavy atom. The molecule has 2 N–H and O–H groups in total. The van der Waals surface area contributed by atoms with Crippen molar-refractivity contribution < 1.29 is 14.3 Å². The number of nitrogen functional groups attached to an aromatic ring is 1. The lowest BCUT2D eigenvalue weighted by molar-refractivity contribution is 0.0451. The number of nitrogens with two attached hydrogens (primary N) is 1. The van der Waals surface area contributed by atoms with Gasteiger partial charge in [-0.3, -0.25) is 0 Å². The van der Waals surface area contributed by atoms with Gasteiger partial charge in [-0.25, -0.2) is 4.79 Å². The maximum Gasteiger partial charge on any atom is 0.338 e. The number of benzene rings is 1. The number of carbonyl (C=O) groups is 1. The van der Waals surface area contributed by atoms with Crippen molar-refractivity contribution in [3.8, 4) is 0 Å². The Morgan fingerprint density at radius 1 is 1.35 bits per heavy atom. The Hall–Kier alpha value is -1.55. The van der Waals surface area contributed by atoms with Crippen molar-refractivity contribution >= 4 is 11.7 Å². The van der Waals surface area contributed by atoms with Gasteiger partial charge in [-0.2, -0.15) is 0 Å². The van der Waals surface area contributed by atoms with Gasteiger partial charge in [0.25, 0.3) is 0 Å². The predicted octanol–water partition coefficient (Wildman–Crippen LogP) is 2.16. The van der Waals surface area contributed by atoms with E-state index in [9.17, 15) is 4.79 Å². The van der Waals surface area contributed by atoms with Crippen LogP contribution in [0.1, 0.15) is 29.3 Å². The number of hydrogen-bond acceptors (Lipinski definition) is 4. The molecule has 0 unspecified atom stereocenters. The SMILES string of the molecule is CCOCCCOC(=O)c1ccc(N)cc1C. The summed E-state index contributed by atoms with van der Waals surface area (Å²) in [5, 5.41) is 0. The average molecular weight is 237 g/mol. The maximum absolute atomic E-state index is 11.7. The summed E-state index contributed by atoms with van der Waals surface area (Å²) in [5.74, 6) is -0.306. The van der Waals surface area contributed by atoms with Gasteiger partial charge in [0.1, 0.15) is 0 Å². The van der Waals surface area contributed by atoms with Gasteiger partial charge >= 0.3 is 5.97 Å². The van der Waals surface area contributed by atoms with E-state index >= 15 is 0 Å². The van der Waals surface area contributed by atoms with Gasteiger partial charge in [0, 0.05) is 25.3 Å². The molecule has 0 bridgehead atoms. The van der Waals surface area contributed by atoms with Crippen molar-refractivity contribution in [2.24, 2.45) is 0 Å². The summed E-state index contributed by atoms with van der Waals surface area (Å²) in [7, 11) is 0. The fraction of sp³-hybridized carbons (Fsp3) is 0.462. The molecule has 0 aromatic heterocycles. The van der Waals surface area contributed by atoms with E-state index in [-0.39, 0.29) is 5.97 Å². The monoisotopic (exact) mass is 237 g/mol. The van der Waals surface area contributed by atoms with Gasteiger partial charge < -0.3 is 15.2 Å². The summed E-state index contributed by atoms with van der Waals surface area (Å²) in [5.41, 5.74) is 7.66. The normalized spacial score (nSPS) is 10.2. The second-order valence-electron chi connectivity index (χ2n) is 3.76. The molecule has 0 fully saturated rings. The van der Waals surface area contributed by atoms with Crippen LogP contribution in [0.2, 0.25) is 0 Å². The van der Waals surface area contributed by atoms with Crippen LogP contribution in [0.15, 0.2) is 18.2 Å². The van der Waals surface area contributed by atoms with Crippen molar-refractivity contribution in [2.75, 3.05) is 25.6 Å². The summed E-state index contributed by atoms with van der Waals surface area (Å²) in [4.78, 5) is 11.7. The minimum Gasteiger partial charge on any atom is -0.462 e. The summed E-state index contributed by atoms with van der Waals surface area (Å²) in [6.45, 7) is 5.45. The Labute approximate surface area is 102 Å². The first kappa shape index (κ1) is 13.5. The van der Waals surface area contributed by atoms with Crippen LogP contribution in [-0.4, -0.2) is 25.8 Å². The number of aryl methyl sites for hydroxylation is 1. The van der Waals surface area contributed by atoms with E-state index < -0.39 is 0 Å². The molecule has 0 aliphatic heterocycles. The molecule has 0 saturated carbocycles. The van der Waals surface area contributed by atoms with Crippen LogP contribution in [0.4, 0.5) is 5.69 Å². The summed E-state index contributed by atoms with van der Waals surface area (Å²) >= 11 is 0. The van der Waals surface area contributed by atoms with E-state index in [0.717, 1.165) is 5.56 Å². The molecule has 1 aromatic rings. The molecule has 0 aliphatic carbocycles. The standard InChI is InChI=1S/C13H19NO3/c1-3-16-7-4-8-17-13(15)12-6-5-11(14)9-10(12)2/h5-6,9H,3-4,7-8,14H2,1-2H3. The lowest BCUT2D eigenvalue weighted by Gasteiger charge is -2.07. The van der Waals surface area contributed by atoms with Gasteiger partial charge in [0.05, 0.1) is 12.2 Å². The molecular weight excluding hydrogens is 218 g/mol. The summed E-state index contributed by atoms with van der Waals surface area (Å²) in [6, 6.07) is 5.15. The van der Waals surface area contributed by atoms with Crippen molar-refractivity contribution in [3.05, 3.63) is 29.3 Å². The van der Waals surface area contributed by atoms with Gasteiger partial charge in [0.15, 0.2) is 0 Å². The number of anilines is 1. The maximum atomic E-state index is 11.7. The number of carbonyl (C=O) groups excluding carboxylic acids is 1. The summed E-state index contributed by atoms with van der Waals surface area (Å²) in [6.07, 6.45) is 0.716. The van der Waals surface area contributed by atoms with Gasteiger partial charge in [-0.1, -0.05) is 0 Å². The molecule has 0 radical (unpaired) electrons. The molecule has 0 spiro atoms. The fourth-order valence-corrected chi connectivity index (χ4v) is 1.46. The second kappa shape index (κ2) is 6.91. The highest BCUT2D eigenvalue weighted by molar-refractivity contribution is 5.91. The first-order chi connectivity index (χ1) is 8.15. The van der Waals surface area contributed by atoms with Crippen LogP contribution in [0.3, 0.4) is 0 Å². The molecule has 4 nitrogen and oxygen atoms in total.